The highest BCUT2D eigenvalue weighted by Crippen LogP contribution is 2.24. The van der Waals surface area contributed by atoms with Crippen LogP contribution >= 0.6 is 11.3 Å². The van der Waals surface area contributed by atoms with Crippen LogP contribution in [0.3, 0.4) is 0 Å². The summed E-state index contributed by atoms with van der Waals surface area (Å²) in [4.78, 5) is 4.63. The molecule has 1 heterocycles. The van der Waals surface area contributed by atoms with E-state index in [4.69, 9.17) is 5.11 Å². The van der Waals surface area contributed by atoms with Crippen LogP contribution in [0.2, 0.25) is 0 Å². The third-order valence-corrected chi connectivity index (χ3v) is 4.11. The lowest BCUT2D eigenvalue weighted by Crippen LogP contribution is -2.32. The molecule has 0 aliphatic rings. The minimum atomic E-state index is 0.0796. The van der Waals surface area contributed by atoms with Crippen molar-refractivity contribution in [2.45, 2.75) is 0 Å². The molecular weight excluding hydrogens is 294 g/mol. The Bertz CT molecular complexity index is 735. The van der Waals surface area contributed by atoms with E-state index in [-0.39, 0.29) is 6.61 Å². The van der Waals surface area contributed by atoms with E-state index in [1.165, 1.54) is 4.70 Å². The summed E-state index contributed by atoms with van der Waals surface area (Å²) in [6.07, 6.45) is 2.02. The Hall–Kier alpha value is -2.21. The maximum absolute atomic E-state index is 8.90. The number of hydrazine groups is 1. The molecule has 0 bridgehead atoms. The third-order valence-electron chi connectivity index (χ3n) is 3.12. The van der Waals surface area contributed by atoms with Gasteiger partial charge in [0.1, 0.15) is 5.01 Å². The van der Waals surface area contributed by atoms with Crippen LogP contribution in [-0.4, -0.2) is 23.2 Å². The quantitative estimate of drug-likeness (QED) is 0.484. The predicted molar refractivity (Wildman–Crippen MR) is 92.2 cm³/mol. The Balaban J connectivity index is 1.93. The van der Waals surface area contributed by atoms with Crippen LogP contribution in [-0.2, 0) is 0 Å². The van der Waals surface area contributed by atoms with Gasteiger partial charge in [0.2, 0.25) is 0 Å². The summed E-state index contributed by atoms with van der Waals surface area (Å²) in [5.41, 5.74) is 9.14. The Morgan fingerprint density at radius 3 is 2.64 bits per heavy atom. The summed E-state index contributed by atoms with van der Waals surface area (Å²) in [6, 6.07) is 18.2. The van der Waals surface area contributed by atoms with Gasteiger partial charge in [0.25, 0.3) is 0 Å². The van der Waals surface area contributed by atoms with Crippen molar-refractivity contribution in [3.63, 3.8) is 0 Å². The number of fused-ring (bicyclic) bond motifs is 1. The molecule has 3 rings (SSSR count). The van der Waals surface area contributed by atoms with Gasteiger partial charge in [-0.05, 0) is 23.8 Å². The SMILES string of the molecule is OCCNN/C(=C/c1nc2ccccc2s1)c1ccccc1. The van der Waals surface area contributed by atoms with Crippen molar-refractivity contribution in [2.75, 3.05) is 13.2 Å². The summed E-state index contributed by atoms with van der Waals surface area (Å²) in [5.74, 6) is 0. The highest BCUT2D eigenvalue weighted by Gasteiger charge is 2.05. The molecule has 22 heavy (non-hydrogen) atoms. The second kappa shape index (κ2) is 7.17. The van der Waals surface area contributed by atoms with E-state index >= 15 is 0 Å². The van der Waals surface area contributed by atoms with Crippen LogP contribution in [0.4, 0.5) is 0 Å². The molecule has 4 nitrogen and oxygen atoms in total. The van der Waals surface area contributed by atoms with Gasteiger partial charge in [-0.3, -0.25) is 0 Å². The van der Waals surface area contributed by atoms with Crippen molar-refractivity contribution in [1.29, 1.82) is 0 Å². The lowest BCUT2D eigenvalue weighted by atomic mass is 10.1. The fourth-order valence-electron chi connectivity index (χ4n) is 2.10. The van der Waals surface area contributed by atoms with Gasteiger partial charge in [0.15, 0.2) is 0 Å². The first kappa shape index (κ1) is 14.7. The zero-order chi connectivity index (χ0) is 15.2. The molecule has 0 saturated carbocycles. The number of rotatable bonds is 6. The molecule has 112 valence electrons. The van der Waals surface area contributed by atoms with Gasteiger partial charge in [-0.25, -0.2) is 10.4 Å². The van der Waals surface area contributed by atoms with Crippen molar-refractivity contribution >= 4 is 33.3 Å². The van der Waals surface area contributed by atoms with Gasteiger partial charge in [0, 0.05) is 6.54 Å². The first-order chi connectivity index (χ1) is 10.9. The number of benzene rings is 2. The molecule has 3 N–H and O–H groups in total. The number of aliphatic hydroxyl groups excluding tert-OH is 1. The molecule has 0 aliphatic carbocycles. The number of nitrogens with one attached hydrogen (secondary N) is 2. The molecular formula is C17H17N3OS. The van der Waals surface area contributed by atoms with Crippen molar-refractivity contribution in [3.05, 3.63) is 65.2 Å². The van der Waals surface area contributed by atoms with Gasteiger partial charge in [0.05, 0.1) is 22.5 Å². The molecule has 0 amide bonds. The van der Waals surface area contributed by atoms with Crippen LogP contribution in [0.1, 0.15) is 10.6 Å². The number of aromatic nitrogens is 1. The molecule has 0 fully saturated rings. The number of thiazole rings is 1. The van der Waals surface area contributed by atoms with Crippen molar-refractivity contribution in [2.24, 2.45) is 0 Å². The van der Waals surface area contributed by atoms with Crippen LogP contribution in [0.25, 0.3) is 22.0 Å². The van der Waals surface area contributed by atoms with Crippen LogP contribution in [0.15, 0.2) is 54.6 Å². The summed E-state index contributed by atoms with van der Waals surface area (Å²) in [5, 5.41) is 9.85. The van der Waals surface area contributed by atoms with E-state index < -0.39 is 0 Å². The second-order valence-electron chi connectivity index (χ2n) is 4.72. The minimum Gasteiger partial charge on any atom is -0.395 e. The predicted octanol–water partition coefficient (Wildman–Crippen LogP) is 2.88. The normalized spacial score (nSPS) is 11.8. The largest absolute Gasteiger partial charge is 0.395 e. The van der Waals surface area contributed by atoms with Gasteiger partial charge in [-0.2, -0.15) is 0 Å². The molecule has 1 aromatic heterocycles. The van der Waals surface area contributed by atoms with E-state index in [1.807, 2.05) is 54.6 Å². The average Bonchev–Trinajstić information content (AvgIpc) is 2.97. The van der Waals surface area contributed by atoms with Gasteiger partial charge >= 0.3 is 0 Å². The maximum atomic E-state index is 8.90. The molecule has 0 unspecified atom stereocenters. The zero-order valence-electron chi connectivity index (χ0n) is 12.0. The van der Waals surface area contributed by atoms with E-state index in [1.54, 1.807) is 11.3 Å². The maximum Gasteiger partial charge on any atom is 0.119 e. The van der Waals surface area contributed by atoms with Gasteiger partial charge in [-0.15, -0.1) is 11.3 Å². The second-order valence-corrected chi connectivity index (χ2v) is 5.78. The Morgan fingerprint density at radius 2 is 1.86 bits per heavy atom. The molecule has 0 atom stereocenters. The molecule has 2 aromatic carbocycles. The zero-order valence-corrected chi connectivity index (χ0v) is 12.8. The Morgan fingerprint density at radius 1 is 1.09 bits per heavy atom. The first-order valence-corrected chi connectivity index (χ1v) is 7.91. The fourth-order valence-corrected chi connectivity index (χ4v) is 3.01. The summed E-state index contributed by atoms with van der Waals surface area (Å²) >= 11 is 1.65. The fraction of sp³-hybridized carbons (Fsp3) is 0.118. The number of aliphatic hydroxyl groups is 1. The molecule has 3 aromatic rings. The summed E-state index contributed by atoms with van der Waals surface area (Å²) < 4.78 is 1.17. The van der Waals surface area contributed by atoms with Crippen molar-refractivity contribution < 1.29 is 5.11 Å². The average molecular weight is 311 g/mol. The lowest BCUT2D eigenvalue weighted by Gasteiger charge is -2.11. The standard InChI is InChI=1S/C17H17N3OS/c21-11-10-18-20-15(13-6-2-1-3-7-13)12-17-19-14-8-4-5-9-16(14)22-17/h1-9,12,18,20-21H,10-11H2/b15-12+. The molecule has 0 spiro atoms. The highest BCUT2D eigenvalue weighted by atomic mass is 32.1. The van der Waals surface area contributed by atoms with E-state index in [2.05, 4.69) is 21.9 Å². The third kappa shape index (κ3) is 3.51. The van der Waals surface area contributed by atoms with E-state index in [9.17, 15) is 0 Å². The Kier molecular flexibility index (Phi) is 4.80. The topological polar surface area (TPSA) is 57.2 Å². The van der Waals surface area contributed by atoms with Crippen LogP contribution < -0.4 is 10.9 Å². The van der Waals surface area contributed by atoms with Gasteiger partial charge < -0.3 is 10.5 Å². The number of hydrogen-bond donors (Lipinski definition) is 3. The minimum absolute atomic E-state index is 0.0796. The summed E-state index contributed by atoms with van der Waals surface area (Å²) in [6.45, 7) is 0.556. The lowest BCUT2D eigenvalue weighted by molar-refractivity contribution is 0.288. The molecule has 0 radical (unpaired) electrons. The highest BCUT2D eigenvalue weighted by molar-refractivity contribution is 7.19. The molecule has 0 aliphatic heterocycles. The van der Waals surface area contributed by atoms with Crippen LogP contribution in [0, 0.1) is 0 Å². The smallest absolute Gasteiger partial charge is 0.119 e. The van der Waals surface area contributed by atoms with Crippen molar-refractivity contribution in [3.8, 4) is 0 Å². The van der Waals surface area contributed by atoms with Crippen LogP contribution in [0.5, 0.6) is 0 Å². The van der Waals surface area contributed by atoms with E-state index in [0.717, 1.165) is 21.8 Å². The first-order valence-electron chi connectivity index (χ1n) is 7.09. The number of nitrogens with zero attached hydrogens (tertiary/aromatic N) is 1. The van der Waals surface area contributed by atoms with E-state index in [0.29, 0.717) is 6.54 Å². The number of para-hydroxylation sites is 1. The monoisotopic (exact) mass is 311 g/mol. The Labute approximate surface area is 133 Å². The van der Waals surface area contributed by atoms with Crippen molar-refractivity contribution in [1.82, 2.24) is 15.8 Å². The van der Waals surface area contributed by atoms with Gasteiger partial charge in [-0.1, -0.05) is 42.5 Å². The molecule has 0 saturated heterocycles. The summed E-state index contributed by atoms with van der Waals surface area (Å²) in [7, 11) is 0. The number of hydrogen-bond acceptors (Lipinski definition) is 5. The molecule has 5 heteroatoms.